The van der Waals surface area contributed by atoms with Crippen LogP contribution in [-0.4, -0.2) is 26.9 Å². The van der Waals surface area contributed by atoms with Crippen LogP contribution in [0.5, 0.6) is 0 Å². The first-order chi connectivity index (χ1) is 12.8. The molecule has 0 aliphatic heterocycles. The van der Waals surface area contributed by atoms with E-state index in [0.29, 0.717) is 28.9 Å². The van der Waals surface area contributed by atoms with Crippen LogP contribution in [0.2, 0.25) is 5.02 Å². The molecule has 2 saturated carbocycles. The van der Waals surface area contributed by atoms with Gasteiger partial charge in [0, 0.05) is 11.6 Å². The largest absolute Gasteiger partial charge is 0.361 e. The molecule has 4 rings (SSSR count). The maximum absolute atomic E-state index is 12.9. The van der Waals surface area contributed by atoms with Crippen LogP contribution >= 0.6 is 11.6 Å². The van der Waals surface area contributed by atoms with Gasteiger partial charge >= 0.3 is 0 Å². The fraction of sp³-hybridized carbons (Fsp3) is 0.650. The van der Waals surface area contributed by atoms with E-state index >= 15 is 0 Å². The molecule has 1 amide bonds. The Morgan fingerprint density at radius 2 is 2.11 bits per heavy atom. The predicted molar refractivity (Wildman–Crippen MR) is 103 cm³/mol. The minimum atomic E-state index is -0.162. The highest BCUT2D eigenvalue weighted by atomic mass is 35.5. The second kappa shape index (κ2) is 6.97. The fourth-order valence-electron chi connectivity index (χ4n) is 5.02. The Morgan fingerprint density at radius 1 is 1.33 bits per heavy atom. The molecule has 1 N–H and O–H groups in total. The number of hydrogen-bond donors (Lipinski definition) is 1. The van der Waals surface area contributed by atoms with Crippen LogP contribution in [0.25, 0.3) is 0 Å². The fourth-order valence-corrected chi connectivity index (χ4v) is 5.16. The first kappa shape index (κ1) is 18.5. The van der Waals surface area contributed by atoms with Gasteiger partial charge in [-0.2, -0.15) is 5.10 Å². The van der Waals surface area contributed by atoms with E-state index in [2.05, 4.69) is 22.5 Å². The lowest BCUT2D eigenvalue weighted by atomic mass is 9.84. The average Bonchev–Trinajstić information content (AvgIpc) is 3.39. The lowest BCUT2D eigenvalue weighted by molar-refractivity contribution is 0.0905. The van der Waals surface area contributed by atoms with E-state index in [1.165, 1.54) is 25.7 Å². The topological polar surface area (TPSA) is 73.0 Å². The Bertz CT molecular complexity index is 872. The number of fused-ring (bicyclic) bond motifs is 2. The van der Waals surface area contributed by atoms with Crippen LogP contribution in [0.3, 0.4) is 0 Å². The molecule has 0 spiro atoms. The van der Waals surface area contributed by atoms with Gasteiger partial charge in [-0.25, -0.2) is 0 Å². The highest BCUT2D eigenvalue weighted by Crippen LogP contribution is 2.49. The van der Waals surface area contributed by atoms with Crippen LogP contribution in [0.1, 0.15) is 65.8 Å². The number of carbonyl (C=O) groups excluding carboxylic acids is 1. The van der Waals surface area contributed by atoms with Gasteiger partial charge in [-0.15, -0.1) is 0 Å². The number of carbonyl (C=O) groups is 1. The van der Waals surface area contributed by atoms with Crippen molar-refractivity contribution >= 4 is 17.5 Å². The number of rotatable bonds is 5. The number of amides is 1. The molecular formula is C20H27ClN4O2. The predicted octanol–water partition coefficient (Wildman–Crippen LogP) is 4.05. The third-order valence-electron chi connectivity index (χ3n) is 6.59. The van der Waals surface area contributed by atoms with Crippen LogP contribution in [-0.2, 0) is 6.54 Å². The van der Waals surface area contributed by atoms with E-state index in [9.17, 15) is 4.79 Å². The van der Waals surface area contributed by atoms with Gasteiger partial charge in [-0.1, -0.05) is 23.2 Å². The van der Waals surface area contributed by atoms with E-state index < -0.39 is 0 Å². The van der Waals surface area contributed by atoms with Crippen LogP contribution in [0.15, 0.2) is 4.52 Å². The summed E-state index contributed by atoms with van der Waals surface area (Å²) in [6.07, 6.45) is 5.24. The maximum atomic E-state index is 12.9. The smallest absolute Gasteiger partial charge is 0.274 e. The number of aromatic nitrogens is 3. The molecule has 6 nitrogen and oxygen atoms in total. The quantitative estimate of drug-likeness (QED) is 0.835. The summed E-state index contributed by atoms with van der Waals surface area (Å²) in [5.41, 5.74) is 2.76. The third-order valence-corrected chi connectivity index (χ3v) is 7.14. The van der Waals surface area contributed by atoms with Crippen molar-refractivity contribution in [3.05, 3.63) is 33.4 Å². The second-order valence-electron chi connectivity index (χ2n) is 8.31. The standard InChI is InChI=1S/C20H27ClN4O2/c1-10(16-8-14-5-6-15(16)7-14)22-20(26)19-17(13(4)27-24-19)9-25-12(3)18(21)11(2)23-25/h10,14-16H,5-9H2,1-4H3,(H,22,26). The Balaban J connectivity index is 1.50. The highest BCUT2D eigenvalue weighted by molar-refractivity contribution is 6.31. The number of halogens is 1. The summed E-state index contributed by atoms with van der Waals surface area (Å²) in [7, 11) is 0. The summed E-state index contributed by atoms with van der Waals surface area (Å²) in [4.78, 5) is 12.9. The number of hydrogen-bond acceptors (Lipinski definition) is 4. The molecule has 2 aliphatic rings. The Kier molecular flexibility index (Phi) is 4.78. The van der Waals surface area contributed by atoms with Crippen molar-refractivity contribution in [2.45, 2.75) is 66.0 Å². The van der Waals surface area contributed by atoms with Crippen molar-refractivity contribution < 1.29 is 9.32 Å². The molecule has 0 radical (unpaired) electrons. The molecule has 2 aromatic rings. The molecule has 2 fully saturated rings. The molecular weight excluding hydrogens is 364 g/mol. The summed E-state index contributed by atoms with van der Waals surface area (Å²) in [6, 6.07) is 0.154. The Hall–Kier alpha value is -1.82. The first-order valence-corrected chi connectivity index (χ1v) is 10.2. The van der Waals surface area contributed by atoms with E-state index in [1.807, 2.05) is 20.8 Å². The second-order valence-corrected chi connectivity index (χ2v) is 8.69. The molecule has 4 unspecified atom stereocenters. The van der Waals surface area contributed by atoms with Gasteiger partial charge in [0.05, 0.1) is 23.0 Å². The van der Waals surface area contributed by atoms with Gasteiger partial charge in [0.1, 0.15) is 5.76 Å². The van der Waals surface area contributed by atoms with Crippen molar-refractivity contribution in [2.75, 3.05) is 0 Å². The third kappa shape index (κ3) is 3.28. The SMILES string of the molecule is Cc1nn(Cc2c(C(=O)NC(C)C3CC4CCC3C4)noc2C)c(C)c1Cl. The summed E-state index contributed by atoms with van der Waals surface area (Å²) in [5, 5.41) is 12.3. The molecule has 0 aromatic carbocycles. The molecule has 2 aromatic heterocycles. The van der Waals surface area contributed by atoms with E-state index in [0.717, 1.165) is 28.8 Å². The van der Waals surface area contributed by atoms with E-state index in [1.54, 1.807) is 4.68 Å². The van der Waals surface area contributed by atoms with Crippen molar-refractivity contribution in [3.63, 3.8) is 0 Å². The molecule has 0 saturated heterocycles. The van der Waals surface area contributed by atoms with Crippen molar-refractivity contribution in [1.82, 2.24) is 20.3 Å². The number of nitrogens with zero attached hydrogens (tertiary/aromatic N) is 3. The van der Waals surface area contributed by atoms with E-state index in [-0.39, 0.29) is 11.9 Å². The number of aryl methyl sites for hydroxylation is 2. The van der Waals surface area contributed by atoms with Gasteiger partial charge in [0.25, 0.3) is 5.91 Å². The first-order valence-electron chi connectivity index (χ1n) is 9.80. The molecule has 7 heteroatoms. The molecule has 2 aliphatic carbocycles. The highest BCUT2D eigenvalue weighted by Gasteiger charge is 2.42. The van der Waals surface area contributed by atoms with Gasteiger partial charge in [0.2, 0.25) is 0 Å². The minimum Gasteiger partial charge on any atom is -0.361 e. The lowest BCUT2D eigenvalue weighted by Gasteiger charge is -2.28. The molecule has 27 heavy (non-hydrogen) atoms. The van der Waals surface area contributed by atoms with Gasteiger partial charge < -0.3 is 9.84 Å². The van der Waals surface area contributed by atoms with Crippen molar-refractivity contribution in [3.8, 4) is 0 Å². The lowest BCUT2D eigenvalue weighted by Crippen LogP contribution is -2.40. The number of nitrogens with one attached hydrogen (secondary N) is 1. The molecule has 2 heterocycles. The summed E-state index contributed by atoms with van der Waals surface area (Å²) in [5.74, 6) is 2.68. The zero-order chi connectivity index (χ0) is 19.3. The van der Waals surface area contributed by atoms with Crippen LogP contribution in [0, 0.1) is 38.5 Å². The monoisotopic (exact) mass is 390 g/mol. The molecule has 2 bridgehead atoms. The summed E-state index contributed by atoms with van der Waals surface area (Å²) in [6.45, 7) is 8.15. The van der Waals surface area contributed by atoms with Gasteiger partial charge in [-0.3, -0.25) is 9.48 Å². The Labute approximate surface area is 164 Å². The molecule has 4 atom stereocenters. The zero-order valence-electron chi connectivity index (χ0n) is 16.4. The van der Waals surface area contributed by atoms with Crippen molar-refractivity contribution in [2.24, 2.45) is 17.8 Å². The van der Waals surface area contributed by atoms with Gasteiger partial charge in [-0.05, 0) is 64.7 Å². The van der Waals surface area contributed by atoms with Gasteiger partial charge in [0.15, 0.2) is 5.69 Å². The average molecular weight is 391 g/mol. The summed E-state index contributed by atoms with van der Waals surface area (Å²) >= 11 is 6.25. The van der Waals surface area contributed by atoms with E-state index in [4.69, 9.17) is 16.1 Å². The molecule has 146 valence electrons. The van der Waals surface area contributed by atoms with Crippen LogP contribution in [0.4, 0.5) is 0 Å². The maximum Gasteiger partial charge on any atom is 0.274 e. The Morgan fingerprint density at radius 3 is 2.70 bits per heavy atom. The summed E-state index contributed by atoms with van der Waals surface area (Å²) < 4.78 is 7.14. The normalized spacial score (nSPS) is 25.1. The van der Waals surface area contributed by atoms with Crippen LogP contribution < -0.4 is 5.32 Å². The zero-order valence-corrected chi connectivity index (χ0v) is 17.1. The van der Waals surface area contributed by atoms with Crippen molar-refractivity contribution in [1.29, 1.82) is 0 Å². The minimum absolute atomic E-state index is 0.154.